The van der Waals surface area contributed by atoms with Gasteiger partial charge in [-0.15, -0.1) is 0 Å². The topological polar surface area (TPSA) is 74.3 Å². The minimum absolute atomic E-state index is 0.244. The van der Waals surface area contributed by atoms with Gasteiger partial charge in [0.1, 0.15) is 12.3 Å². The monoisotopic (exact) mass is 268 g/mol. The first-order valence-electron chi connectivity index (χ1n) is 5.05. The largest absolute Gasteiger partial charge is 0.493 e. The van der Waals surface area contributed by atoms with Crippen molar-refractivity contribution in [3.8, 4) is 5.75 Å². The van der Waals surface area contributed by atoms with Crippen LogP contribution in [0.3, 0.4) is 0 Å². The van der Waals surface area contributed by atoms with E-state index in [1.165, 1.54) is 18.0 Å². The lowest BCUT2D eigenvalue weighted by Gasteiger charge is -2.18. The van der Waals surface area contributed by atoms with Crippen LogP contribution in [0.2, 0.25) is 0 Å². The number of rotatable bonds is 6. The number of aryl methyl sites for hydroxylation is 1. The van der Waals surface area contributed by atoms with Crippen LogP contribution in [0.25, 0.3) is 0 Å². The zero-order chi connectivity index (χ0) is 13.8. The van der Waals surface area contributed by atoms with E-state index in [1.54, 1.807) is 7.05 Å². The number of nitrogens with one attached hydrogen (secondary N) is 1. The summed E-state index contributed by atoms with van der Waals surface area (Å²) in [4.78, 5) is 0. The van der Waals surface area contributed by atoms with Crippen LogP contribution in [0.5, 0.6) is 5.75 Å². The van der Waals surface area contributed by atoms with E-state index in [-0.39, 0.29) is 6.61 Å². The maximum absolute atomic E-state index is 12.0. The second-order valence-corrected chi connectivity index (χ2v) is 3.57. The summed E-state index contributed by atoms with van der Waals surface area (Å²) in [6, 6.07) is -0.644. The summed E-state index contributed by atoms with van der Waals surface area (Å²) in [7, 11) is 3.07. The number of nitrogens with two attached hydrogens (primary N) is 1. The van der Waals surface area contributed by atoms with Crippen LogP contribution < -0.4 is 16.0 Å². The first-order chi connectivity index (χ1) is 8.39. The average Bonchev–Trinajstić information content (AvgIpc) is 2.65. The highest BCUT2D eigenvalue weighted by Gasteiger charge is 2.29. The minimum Gasteiger partial charge on any atom is -0.493 e. The van der Waals surface area contributed by atoms with Crippen molar-refractivity contribution in [2.45, 2.75) is 12.2 Å². The molecule has 1 aromatic rings. The number of halogens is 3. The fourth-order valence-corrected chi connectivity index (χ4v) is 1.48. The van der Waals surface area contributed by atoms with Gasteiger partial charge in [0.15, 0.2) is 5.75 Å². The second-order valence-electron chi connectivity index (χ2n) is 3.57. The molecule has 0 aliphatic carbocycles. The highest BCUT2D eigenvalue weighted by molar-refractivity contribution is 5.28. The number of alkyl halides is 3. The second kappa shape index (κ2) is 6.03. The number of ether oxygens (including phenoxy) is 2. The molecule has 0 fully saturated rings. The Morgan fingerprint density at radius 3 is 2.72 bits per heavy atom. The summed E-state index contributed by atoms with van der Waals surface area (Å²) >= 11 is 0. The van der Waals surface area contributed by atoms with Gasteiger partial charge in [-0.3, -0.25) is 10.5 Å². The molecule has 18 heavy (non-hydrogen) atoms. The normalized spacial score (nSPS) is 13.7. The Morgan fingerprint density at radius 2 is 2.22 bits per heavy atom. The van der Waals surface area contributed by atoms with Crippen molar-refractivity contribution in [1.29, 1.82) is 0 Å². The third-order valence-electron chi connectivity index (χ3n) is 2.25. The van der Waals surface area contributed by atoms with Gasteiger partial charge in [0.05, 0.1) is 26.0 Å². The van der Waals surface area contributed by atoms with Gasteiger partial charge in [0.2, 0.25) is 0 Å². The molecular formula is C9H15F3N4O2. The Kier molecular flexibility index (Phi) is 4.93. The van der Waals surface area contributed by atoms with Crippen molar-refractivity contribution in [2.24, 2.45) is 12.9 Å². The van der Waals surface area contributed by atoms with Crippen molar-refractivity contribution in [3.05, 3.63) is 11.9 Å². The Morgan fingerprint density at radius 1 is 1.56 bits per heavy atom. The number of hydrazine groups is 1. The molecule has 0 amide bonds. The Labute approximate surface area is 102 Å². The van der Waals surface area contributed by atoms with Gasteiger partial charge in [-0.25, -0.2) is 5.43 Å². The van der Waals surface area contributed by atoms with E-state index in [1.807, 2.05) is 0 Å². The van der Waals surface area contributed by atoms with Crippen molar-refractivity contribution in [3.63, 3.8) is 0 Å². The standard InChI is InChI=1S/C9H15F3N4O2/c1-16-8(7(17-2)3-14-16)6(15-13)4-18-5-9(10,11)12/h3,6,15H,4-5,13H2,1-2H3. The van der Waals surface area contributed by atoms with Gasteiger partial charge < -0.3 is 9.47 Å². The van der Waals surface area contributed by atoms with E-state index < -0.39 is 18.8 Å². The first-order valence-corrected chi connectivity index (χ1v) is 5.05. The highest BCUT2D eigenvalue weighted by atomic mass is 19.4. The summed E-state index contributed by atoms with van der Waals surface area (Å²) in [5.41, 5.74) is 2.89. The van der Waals surface area contributed by atoms with Crippen LogP contribution in [0.1, 0.15) is 11.7 Å². The molecule has 0 saturated heterocycles. The third kappa shape index (κ3) is 3.86. The van der Waals surface area contributed by atoms with E-state index in [9.17, 15) is 13.2 Å². The number of methoxy groups -OCH3 is 1. The van der Waals surface area contributed by atoms with Crippen LogP contribution in [0.4, 0.5) is 13.2 Å². The van der Waals surface area contributed by atoms with E-state index in [0.29, 0.717) is 11.4 Å². The molecule has 9 heteroatoms. The Balaban J connectivity index is 2.68. The van der Waals surface area contributed by atoms with E-state index in [4.69, 9.17) is 10.6 Å². The zero-order valence-electron chi connectivity index (χ0n) is 9.99. The average molecular weight is 268 g/mol. The van der Waals surface area contributed by atoms with Crippen LogP contribution >= 0.6 is 0 Å². The van der Waals surface area contributed by atoms with Crippen LogP contribution in [-0.2, 0) is 11.8 Å². The maximum Gasteiger partial charge on any atom is 0.411 e. The number of aromatic nitrogens is 2. The van der Waals surface area contributed by atoms with Crippen LogP contribution in [0, 0.1) is 0 Å². The van der Waals surface area contributed by atoms with Crippen molar-refractivity contribution in [2.75, 3.05) is 20.3 Å². The minimum atomic E-state index is -4.37. The van der Waals surface area contributed by atoms with Gasteiger partial charge in [-0.2, -0.15) is 18.3 Å². The lowest BCUT2D eigenvalue weighted by molar-refractivity contribution is -0.175. The predicted molar refractivity (Wildman–Crippen MR) is 56.7 cm³/mol. The fraction of sp³-hybridized carbons (Fsp3) is 0.667. The van der Waals surface area contributed by atoms with E-state index in [0.717, 1.165) is 0 Å². The fourth-order valence-electron chi connectivity index (χ4n) is 1.48. The first kappa shape index (κ1) is 14.7. The molecule has 1 aromatic heterocycles. The highest BCUT2D eigenvalue weighted by Crippen LogP contribution is 2.24. The SMILES string of the molecule is COc1cnn(C)c1C(COCC(F)(F)F)NN. The van der Waals surface area contributed by atoms with Gasteiger partial charge in [-0.05, 0) is 0 Å². The molecule has 0 aliphatic rings. The molecule has 0 aliphatic heterocycles. The van der Waals surface area contributed by atoms with Gasteiger partial charge in [0, 0.05) is 7.05 Å². The molecule has 0 aromatic carbocycles. The quantitative estimate of drug-likeness (QED) is 0.581. The molecule has 6 nitrogen and oxygen atoms in total. The lowest BCUT2D eigenvalue weighted by atomic mass is 10.2. The lowest BCUT2D eigenvalue weighted by Crippen LogP contribution is -2.34. The molecule has 3 N–H and O–H groups in total. The molecule has 0 radical (unpaired) electrons. The molecular weight excluding hydrogens is 253 g/mol. The summed E-state index contributed by atoms with van der Waals surface area (Å²) in [6.45, 7) is -1.57. The smallest absolute Gasteiger partial charge is 0.411 e. The number of nitrogens with zero attached hydrogens (tertiary/aromatic N) is 2. The van der Waals surface area contributed by atoms with Gasteiger partial charge in [-0.1, -0.05) is 0 Å². The summed E-state index contributed by atoms with van der Waals surface area (Å²) < 4.78 is 46.9. The zero-order valence-corrected chi connectivity index (χ0v) is 9.99. The van der Waals surface area contributed by atoms with Crippen molar-refractivity contribution in [1.82, 2.24) is 15.2 Å². The van der Waals surface area contributed by atoms with Crippen LogP contribution in [0.15, 0.2) is 6.20 Å². The van der Waals surface area contributed by atoms with Gasteiger partial charge >= 0.3 is 6.18 Å². The number of hydrogen-bond donors (Lipinski definition) is 2. The molecule has 1 atom stereocenters. The molecule has 0 saturated carbocycles. The van der Waals surface area contributed by atoms with Crippen molar-refractivity contribution >= 4 is 0 Å². The third-order valence-corrected chi connectivity index (χ3v) is 2.25. The predicted octanol–water partition coefficient (Wildman–Crippen LogP) is 0.512. The Hall–Kier alpha value is -1.32. The summed E-state index contributed by atoms with van der Waals surface area (Å²) in [5.74, 6) is 5.73. The summed E-state index contributed by atoms with van der Waals surface area (Å²) in [6.07, 6.45) is -2.92. The molecule has 0 spiro atoms. The molecule has 104 valence electrons. The van der Waals surface area contributed by atoms with E-state index in [2.05, 4.69) is 15.3 Å². The van der Waals surface area contributed by atoms with Crippen LogP contribution in [-0.4, -0.2) is 36.3 Å². The van der Waals surface area contributed by atoms with E-state index >= 15 is 0 Å². The molecule has 1 unspecified atom stereocenters. The molecule has 1 heterocycles. The van der Waals surface area contributed by atoms with Crippen molar-refractivity contribution < 1.29 is 22.6 Å². The van der Waals surface area contributed by atoms with Gasteiger partial charge in [0.25, 0.3) is 0 Å². The molecule has 1 rings (SSSR count). The number of hydrogen-bond acceptors (Lipinski definition) is 5. The molecule has 0 bridgehead atoms. The summed E-state index contributed by atoms with van der Waals surface area (Å²) in [5, 5.41) is 3.93. The Bertz CT molecular complexity index is 380. The maximum atomic E-state index is 12.0.